The van der Waals surface area contributed by atoms with Crippen LogP contribution in [0.15, 0.2) is 0 Å². The van der Waals surface area contributed by atoms with E-state index in [9.17, 15) is 24.9 Å². The number of ketones is 2. The first-order valence-electron chi connectivity index (χ1n) is 4.98. The van der Waals surface area contributed by atoms with Gasteiger partial charge in [-0.2, -0.15) is 0 Å². The fourth-order valence-corrected chi connectivity index (χ4v) is 1.07. The van der Waals surface area contributed by atoms with Crippen LogP contribution < -0.4 is 0 Å². The van der Waals surface area contributed by atoms with E-state index in [4.69, 9.17) is 20.4 Å². The van der Waals surface area contributed by atoms with Gasteiger partial charge in [0.15, 0.2) is 0 Å². The van der Waals surface area contributed by atoms with E-state index in [2.05, 4.69) is 0 Å². The van der Waals surface area contributed by atoms with Crippen molar-refractivity contribution in [3.8, 4) is 0 Å². The number of Topliss-reactive ketones (excluding diaryl/α,β-unsaturated/α-hetero) is 2. The van der Waals surface area contributed by atoms with Crippen molar-refractivity contribution in [3.63, 3.8) is 0 Å². The molecule has 0 amide bonds. The molecule has 0 aromatic carbocycles. The van der Waals surface area contributed by atoms with Crippen molar-refractivity contribution in [3.05, 3.63) is 0 Å². The van der Waals surface area contributed by atoms with Crippen LogP contribution in [0, 0.1) is 0 Å². The summed E-state index contributed by atoms with van der Waals surface area (Å²) in [5, 5.41) is 62.4. The predicted molar refractivity (Wildman–Crippen MR) is 54.2 cm³/mol. The molecule has 0 aromatic heterocycles. The maximum Gasteiger partial charge on any atom is 0.232 e. The second-order valence-corrected chi connectivity index (χ2v) is 3.60. The highest BCUT2D eigenvalue weighted by molar-refractivity contribution is 6.40. The molecule has 9 nitrogen and oxygen atoms in total. The van der Waals surface area contributed by atoms with Gasteiger partial charge in [-0.25, -0.2) is 0 Å². The molecule has 9 heteroatoms. The molecule has 0 bridgehead atoms. The average Bonchev–Trinajstić information content (AvgIpc) is 2.40. The summed E-state index contributed by atoms with van der Waals surface area (Å²) in [7, 11) is 0. The SMILES string of the molecule is O=C(C(=O)[C@H](O)[C@@H](O)[C@H](O)[C@H](O)CO)C(O)CO. The van der Waals surface area contributed by atoms with E-state index >= 15 is 0 Å². The zero-order valence-corrected chi connectivity index (χ0v) is 9.25. The molecule has 0 spiro atoms. The first-order valence-corrected chi connectivity index (χ1v) is 4.98. The first kappa shape index (κ1) is 17.1. The molecule has 0 aliphatic heterocycles. The minimum Gasteiger partial charge on any atom is -0.394 e. The monoisotopic (exact) mass is 268 g/mol. The summed E-state index contributed by atoms with van der Waals surface area (Å²) < 4.78 is 0. The van der Waals surface area contributed by atoms with Crippen LogP contribution in [0.3, 0.4) is 0 Å². The lowest BCUT2D eigenvalue weighted by Gasteiger charge is -2.24. The molecular weight excluding hydrogens is 252 g/mol. The third-order valence-corrected chi connectivity index (χ3v) is 2.24. The Balaban J connectivity index is 4.68. The Labute approximate surface area is 102 Å². The van der Waals surface area contributed by atoms with Crippen LogP contribution in [0.25, 0.3) is 0 Å². The summed E-state index contributed by atoms with van der Waals surface area (Å²) in [4.78, 5) is 22.3. The van der Waals surface area contributed by atoms with Gasteiger partial charge in [0.2, 0.25) is 11.6 Å². The Kier molecular flexibility index (Phi) is 7.09. The summed E-state index contributed by atoms with van der Waals surface area (Å²) in [5.41, 5.74) is 0. The molecule has 0 aliphatic rings. The van der Waals surface area contributed by atoms with Gasteiger partial charge in [-0.3, -0.25) is 9.59 Å². The second-order valence-electron chi connectivity index (χ2n) is 3.60. The molecule has 5 atom stereocenters. The maximum absolute atomic E-state index is 11.2. The zero-order valence-electron chi connectivity index (χ0n) is 9.25. The van der Waals surface area contributed by atoms with Crippen molar-refractivity contribution in [2.24, 2.45) is 0 Å². The smallest absolute Gasteiger partial charge is 0.232 e. The van der Waals surface area contributed by atoms with Gasteiger partial charge in [0.05, 0.1) is 13.2 Å². The Bertz CT molecular complexity index is 292. The summed E-state index contributed by atoms with van der Waals surface area (Å²) >= 11 is 0. The van der Waals surface area contributed by atoms with Crippen molar-refractivity contribution in [2.45, 2.75) is 30.5 Å². The highest BCUT2D eigenvalue weighted by Gasteiger charge is 2.38. The van der Waals surface area contributed by atoms with E-state index in [-0.39, 0.29) is 0 Å². The lowest BCUT2D eigenvalue weighted by atomic mass is 9.97. The van der Waals surface area contributed by atoms with E-state index in [0.717, 1.165) is 0 Å². The molecule has 18 heavy (non-hydrogen) atoms. The molecule has 0 heterocycles. The lowest BCUT2D eigenvalue weighted by molar-refractivity contribution is -0.157. The number of carbonyl (C=O) groups excluding carboxylic acids is 2. The lowest BCUT2D eigenvalue weighted by Crippen LogP contribution is -2.51. The second kappa shape index (κ2) is 7.48. The van der Waals surface area contributed by atoms with Gasteiger partial charge in [0.1, 0.15) is 30.5 Å². The third kappa shape index (κ3) is 4.07. The quantitative estimate of drug-likeness (QED) is 0.212. The number of hydrogen-bond acceptors (Lipinski definition) is 9. The number of aliphatic hydroxyl groups is 7. The summed E-state index contributed by atoms with van der Waals surface area (Å²) in [6, 6.07) is 0. The molecule has 0 saturated carbocycles. The molecule has 0 radical (unpaired) electrons. The van der Waals surface area contributed by atoms with Gasteiger partial charge < -0.3 is 35.7 Å². The van der Waals surface area contributed by atoms with Gasteiger partial charge in [-0.15, -0.1) is 0 Å². The molecule has 0 rings (SSSR count). The predicted octanol–water partition coefficient (Wildman–Crippen LogP) is -5.09. The molecular formula is C9H16O9. The topological polar surface area (TPSA) is 176 Å². The van der Waals surface area contributed by atoms with E-state index < -0.39 is 55.3 Å². The van der Waals surface area contributed by atoms with Crippen LogP contribution in [0.5, 0.6) is 0 Å². The number of hydrogen-bond donors (Lipinski definition) is 7. The number of rotatable bonds is 8. The summed E-state index contributed by atoms with van der Waals surface area (Å²) in [6.45, 7) is -1.98. The normalized spacial score (nSPS) is 19.7. The van der Waals surface area contributed by atoms with Gasteiger partial charge in [0, 0.05) is 0 Å². The molecule has 0 saturated heterocycles. The number of carbonyl (C=O) groups is 2. The van der Waals surface area contributed by atoms with Crippen molar-refractivity contribution in [1.29, 1.82) is 0 Å². The van der Waals surface area contributed by atoms with Crippen LogP contribution in [0.4, 0.5) is 0 Å². The van der Waals surface area contributed by atoms with Crippen LogP contribution in [-0.2, 0) is 9.59 Å². The largest absolute Gasteiger partial charge is 0.394 e. The first-order chi connectivity index (χ1) is 8.27. The van der Waals surface area contributed by atoms with Gasteiger partial charge in [-0.05, 0) is 0 Å². The summed E-state index contributed by atoms with van der Waals surface area (Å²) in [6.07, 6.45) is -10.5. The molecule has 0 aromatic rings. The van der Waals surface area contributed by atoms with Crippen LogP contribution in [0.2, 0.25) is 0 Å². The van der Waals surface area contributed by atoms with Crippen LogP contribution in [0.1, 0.15) is 0 Å². The Morgan fingerprint density at radius 3 is 1.67 bits per heavy atom. The van der Waals surface area contributed by atoms with Crippen LogP contribution in [-0.4, -0.2) is 91.0 Å². The Morgan fingerprint density at radius 2 is 1.28 bits per heavy atom. The number of aliphatic hydroxyl groups excluding tert-OH is 7. The standard InChI is InChI=1S/C9H16O9/c10-1-3(12)5(14)7(16)9(18)8(17)6(15)4(13)2-11/h3-5,7,9-14,16,18H,1-2H2/t3-,4?,5-,7+,9-/m1/s1. The Morgan fingerprint density at radius 1 is 0.778 bits per heavy atom. The van der Waals surface area contributed by atoms with E-state index in [1.54, 1.807) is 0 Å². The van der Waals surface area contributed by atoms with Crippen molar-refractivity contribution in [1.82, 2.24) is 0 Å². The minimum atomic E-state index is -2.39. The minimum absolute atomic E-state index is 0.938. The van der Waals surface area contributed by atoms with Gasteiger partial charge >= 0.3 is 0 Å². The molecule has 0 fully saturated rings. The van der Waals surface area contributed by atoms with E-state index in [1.807, 2.05) is 0 Å². The van der Waals surface area contributed by atoms with Crippen molar-refractivity contribution >= 4 is 11.6 Å². The summed E-state index contributed by atoms with van der Waals surface area (Å²) in [5.74, 6) is -3.18. The Hall–Kier alpha value is -0.940. The molecule has 0 aliphatic carbocycles. The highest BCUT2D eigenvalue weighted by atomic mass is 16.4. The molecule has 106 valence electrons. The fourth-order valence-electron chi connectivity index (χ4n) is 1.07. The highest BCUT2D eigenvalue weighted by Crippen LogP contribution is 2.07. The zero-order chi connectivity index (χ0) is 14.5. The maximum atomic E-state index is 11.2. The third-order valence-electron chi connectivity index (χ3n) is 2.24. The van der Waals surface area contributed by atoms with E-state index in [1.165, 1.54) is 0 Å². The average molecular weight is 268 g/mol. The van der Waals surface area contributed by atoms with Crippen molar-refractivity contribution < 1.29 is 45.3 Å². The fraction of sp³-hybridized carbons (Fsp3) is 0.778. The van der Waals surface area contributed by atoms with Gasteiger partial charge in [0.25, 0.3) is 0 Å². The van der Waals surface area contributed by atoms with E-state index in [0.29, 0.717) is 0 Å². The van der Waals surface area contributed by atoms with Crippen molar-refractivity contribution in [2.75, 3.05) is 13.2 Å². The molecule has 7 N–H and O–H groups in total. The van der Waals surface area contributed by atoms with Gasteiger partial charge in [-0.1, -0.05) is 0 Å². The molecule has 1 unspecified atom stereocenters. The van der Waals surface area contributed by atoms with Crippen LogP contribution >= 0.6 is 0 Å².